The third-order valence-corrected chi connectivity index (χ3v) is 3.64. The third kappa shape index (κ3) is 2.24. The smallest absolute Gasteiger partial charge is 0.297 e. The van der Waals surface area contributed by atoms with Gasteiger partial charge < -0.3 is 0 Å². The summed E-state index contributed by atoms with van der Waals surface area (Å²) in [5.74, 6) is -2.63. The minimum atomic E-state index is -0.832. The van der Waals surface area contributed by atoms with Crippen molar-refractivity contribution in [1.29, 1.82) is 0 Å². The Balaban J connectivity index is 2.41. The van der Waals surface area contributed by atoms with Gasteiger partial charge in [-0.05, 0) is 31.0 Å². The zero-order valence-corrected chi connectivity index (χ0v) is 11.7. The van der Waals surface area contributed by atoms with Crippen molar-refractivity contribution < 1.29 is 18.8 Å². The van der Waals surface area contributed by atoms with Crippen molar-refractivity contribution in [3.63, 3.8) is 0 Å². The van der Waals surface area contributed by atoms with Crippen LogP contribution in [0.3, 0.4) is 0 Å². The highest BCUT2D eigenvalue weighted by atomic mass is 19.1. The number of nitrogens with zero attached hydrogens (tertiary/aromatic N) is 1. The second-order valence-electron chi connectivity index (χ2n) is 5.14. The fourth-order valence-corrected chi connectivity index (χ4v) is 2.21. The van der Waals surface area contributed by atoms with Gasteiger partial charge in [-0.15, -0.1) is 0 Å². The number of carbonyl (C=O) groups excluding carboxylic acids is 3. The van der Waals surface area contributed by atoms with E-state index in [0.717, 1.165) is 4.90 Å². The molecule has 1 heterocycles. The molecule has 1 amide bonds. The highest BCUT2D eigenvalue weighted by molar-refractivity contribution is 6.52. The number of ketones is 2. The summed E-state index contributed by atoms with van der Waals surface area (Å²) < 4.78 is 14.0. The first-order valence-corrected chi connectivity index (χ1v) is 6.55. The summed E-state index contributed by atoms with van der Waals surface area (Å²) in [4.78, 5) is 36.7. The second-order valence-corrected chi connectivity index (χ2v) is 5.14. The second kappa shape index (κ2) is 5.15. The van der Waals surface area contributed by atoms with Gasteiger partial charge in [0.25, 0.3) is 11.7 Å². The van der Waals surface area contributed by atoms with Crippen LogP contribution in [0.25, 0.3) is 0 Å². The van der Waals surface area contributed by atoms with Gasteiger partial charge in [0, 0.05) is 5.92 Å². The lowest BCUT2D eigenvalue weighted by atomic mass is 10.0. The molecule has 5 heteroatoms. The van der Waals surface area contributed by atoms with Crippen molar-refractivity contribution in [2.24, 2.45) is 5.92 Å². The highest BCUT2D eigenvalue weighted by Crippen LogP contribution is 2.32. The molecule has 1 aliphatic heterocycles. The number of halogens is 1. The van der Waals surface area contributed by atoms with Crippen LogP contribution in [0.4, 0.5) is 10.1 Å². The normalized spacial score (nSPS) is 15.5. The maximum absolute atomic E-state index is 14.0. The van der Waals surface area contributed by atoms with Crippen LogP contribution in [-0.4, -0.2) is 24.0 Å². The van der Waals surface area contributed by atoms with Crippen LogP contribution in [0.5, 0.6) is 0 Å². The summed E-state index contributed by atoms with van der Waals surface area (Å²) in [5.41, 5.74) is 0.546. The van der Waals surface area contributed by atoms with E-state index in [9.17, 15) is 18.8 Å². The van der Waals surface area contributed by atoms with E-state index in [1.807, 2.05) is 6.92 Å². The molecule has 0 aromatic heterocycles. The van der Waals surface area contributed by atoms with Crippen molar-refractivity contribution in [3.8, 4) is 0 Å². The van der Waals surface area contributed by atoms with Crippen LogP contribution in [0.1, 0.15) is 36.2 Å². The van der Waals surface area contributed by atoms with Crippen LogP contribution >= 0.6 is 0 Å². The molecule has 0 fully saturated rings. The molecule has 0 bridgehead atoms. The molecule has 4 nitrogen and oxygen atoms in total. The van der Waals surface area contributed by atoms with Gasteiger partial charge in [-0.3, -0.25) is 19.3 Å². The van der Waals surface area contributed by atoms with E-state index in [4.69, 9.17) is 0 Å². The van der Waals surface area contributed by atoms with Crippen molar-refractivity contribution in [1.82, 2.24) is 0 Å². The van der Waals surface area contributed by atoms with E-state index in [2.05, 4.69) is 0 Å². The highest BCUT2D eigenvalue weighted by Gasteiger charge is 2.39. The first-order chi connectivity index (χ1) is 9.36. The van der Waals surface area contributed by atoms with E-state index >= 15 is 0 Å². The van der Waals surface area contributed by atoms with Gasteiger partial charge in [0.15, 0.2) is 5.78 Å². The molecule has 1 atom stereocenters. The monoisotopic (exact) mass is 277 g/mol. The maximum atomic E-state index is 14.0. The number of benzene rings is 1. The number of hydrogen-bond donors (Lipinski definition) is 0. The number of amides is 1. The van der Waals surface area contributed by atoms with E-state index in [-0.39, 0.29) is 29.5 Å². The lowest BCUT2D eigenvalue weighted by Crippen LogP contribution is -2.36. The van der Waals surface area contributed by atoms with Crippen LogP contribution in [0.15, 0.2) is 12.1 Å². The molecule has 0 saturated heterocycles. The van der Waals surface area contributed by atoms with Gasteiger partial charge in [-0.2, -0.15) is 0 Å². The molecule has 0 aliphatic carbocycles. The predicted octanol–water partition coefficient (Wildman–Crippen LogP) is 2.28. The third-order valence-electron chi connectivity index (χ3n) is 3.64. The number of fused-ring (bicyclic) bond motifs is 1. The Morgan fingerprint density at radius 3 is 2.60 bits per heavy atom. The number of aryl methyl sites for hydroxylation is 1. The van der Waals surface area contributed by atoms with E-state index < -0.39 is 17.5 Å². The zero-order chi connectivity index (χ0) is 15.0. The summed E-state index contributed by atoms with van der Waals surface area (Å²) in [5, 5.41) is 0. The Bertz CT molecular complexity index is 609. The number of hydrogen-bond acceptors (Lipinski definition) is 3. The first kappa shape index (κ1) is 14.4. The van der Waals surface area contributed by atoms with Crippen molar-refractivity contribution in [2.45, 2.75) is 27.2 Å². The first-order valence-electron chi connectivity index (χ1n) is 6.55. The van der Waals surface area contributed by atoms with Gasteiger partial charge in [-0.25, -0.2) is 4.39 Å². The Kier molecular flexibility index (Phi) is 3.70. The summed E-state index contributed by atoms with van der Waals surface area (Å²) in [6.07, 6.45) is 0.637. The van der Waals surface area contributed by atoms with E-state index in [1.165, 1.54) is 12.1 Å². The molecule has 0 spiro atoms. The molecule has 0 N–H and O–H groups in total. The van der Waals surface area contributed by atoms with Gasteiger partial charge >= 0.3 is 0 Å². The number of rotatable bonds is 4. The molecule has 2 rings (SSSR count). The molecule has 20 heavy (non-hydrogen) atoms. The molecule has 1 aromatic carbocycles. The molecule has 0 radical (unpaired) electrons. The molecule has 1 aromatic rings. The van der Waals surface area contributed by atoms with Crippen molar-refractivity contribution in [3.05, 3.63) is 29.1 Å². The summed E-state index contributed by atoms with van der Waals surface area (Å²) in [6.45, 7) is 5.00. The topological polar surface area (TPSA) is 54.5 Å². The Hall–Kier alpha value is -2.04. The minimum absolute atomic E-state index is 0.0458. The zero-order valence-electron chi connectivity index (χ0n) is 11.7. The van der Waals surface area contributed by atoms with Gasteiger partial charge in [0.2, 0.25) is 0 Å². The molecule has 1 aliphatic rings. The number of anilines is 1. The SMILES string of the molecule is CCC(C)C(=O)CN1C(=O)C(=O)c2cc(C)cc(F)c21. The van der Waals surface area contributed by atoms with Crippen LogP contribution in [0.2, 0.25) is 0 Å². The van der Waals surface area contributed by atoms with Gasteiger partial charge in [-0.1, -0.05) is 13.8 Å². The van der Waals surface area contributed by atoms with Crippen molar-refractivity contribution >= 4 is 23.2 Å². The maximum Gasteiger partial charge on any atom is 0.299 e. The largest absolute Gasteiger partial charge is 0.299 e. The van der Waals surface area contributed by atoms with Crippen LogP contribution < -0.4 is 4.90 Å². The quantitative estimate of drug-likeness (QED) is 0.793. The Morgan fingerprint density at radius 1 is 1.35 bits per heavy atom. The average molecular weight is 277 g/mol. The van der Waals surface area contributed by atoms with Gasteiger partial charge in [0.05, 0.1) is 17.8 Å². The fraction of sp³-hybridized carbons (Fsp3) is 0.400. The molecule has 0 saturated carbocycles. The van der Waals surface area contributed by atoms with Crippen molar-refractivity contribution in [2.75, 3.05) is 11.4 Å². The minimum Gasteiger partial charge on any atom is -0.297 e. The Morgan fingerprint density at radius 2 is 2.00 bits per heavy atom. The summed E-state index contributed by atoms with van der Waals surface area (Å²) in [7, 11) is 0. The van der Waals surface area contributed by atoms with Crippen LogP contribution in [-0.2, 0) is 9.59 Å². The lowest BCUT2D eigenvalue weighted by Gasteiger charge is -2.18. The Labute approximate surface area is 116 Å². The van der Waals surface area contributed by atoms with E-state index in [1.54, 1.807) is 13.8 Å². The fourth-order valence-electron chi connectivity index (χ4n) is 2.21. The lowest BCUT2D eigenvalue weighted by molar-refractivity contribution is -0.123. The molecular weight excluding hydrogens is 261 g/mol. The molecule has 106 valence electrons. The average Bonchev–Trinajstić information content (AvgIpc) is 2.63. The standard InChI is InChI=1S/C15H16FNO3/c1-4-9(3)12(18)7-17-13-10(14(19)15(17)20)5-8(2)6-11(13)16/h5-6,9H,4,7H2,1-3H3. The number of carbonyl (C=O) groups is 3. The summed E-state index contributed by atoms with van der Waals surface area (Å²) in [6, 6.07) is 2.73. The summed E-state index contributed by atoms with van der Waals surface area (Å²) >= 11 is 0. The number of Topliss-reactive ketones (excluding diaryl/α,β-unsaturated/α-hetero) is 2. The van der Waals surface area contributed by atoms with Gasteiger partial charge in [0.1, 0.15) is 5.82 Å². The molecule has 1 unspecified atom stereocenters. The van der Waals surface area contributed by atoms with Crippen LogP contribution in [0, 0.1) is 18.7 Å². The van der Waals surface area contributed by atoms with E-state index in [0.29, 0.717) is 12.0 Å². The predicted molar refractivity (Wildman–Crippen MR) is 72.3 cm³/mol. The molecular formula is C15H16FNO3.